The molecule has 0 aliphatic carbocycles. The molecule has 1 saturated heterocycles. The molecule has 0 radical (unpaired) electrons. The fourth-order valence-electron chi connectivity index (χ4n) is 3.22. The molecule has 0 bridgehead atoms. The van der Waals surface area contributed by atoms with Gasteiger partial charge in [0.1, 0.15) is 0 Å². The van der Waals surface area contributed by atoms with Crippen molar-refractivity contribution in [2.75, 3.05) is 6.61 Å². The van der Waals surface area contributed by atoms with Crippen LogP contribution in [-0.2, 0) is 14.3 Å². The summed E-state index contributed by atoms with van der Waals surface area (Å²) in [6.45, 7) is 6.13. The summed E-state index contributed by atoms with van der Waals surface area (Å²) in [4.78, 5) is 24.6. The summed E-state index contributed by atoms with van der Waals surface area (Å²) in [5.41, 5.74) is 1.14. The molecule has 2 aliphatic rings. The first-order chi connectivity index (χ1) is 10.5. The number of esters is 1. The van der Waals surface area contributed by atoms with Gasteiger partial charge in [0.15, 0.2) is 0 Å². The summed E-state index contributed by atoms with van der Waals surface area (Å²) in [5.74, 6) is -0.361. The van der Waals surface area contributed by atoms with Crippen LogP contribution in [0.25, 0.3) is 0 Å². The lowest BCUT2D eigenvalue weighted by Crippen LogP contribution is -2.44. The average molecular weight is 300 g/mol. The van der Waals surface area contributed by atoms with Crippen LogP contribution in [0.3, 0.4) is 0 Å². The summed E-state index contributed by atoms with van der Waals surface area (Å²) in [5, 5.41) is 3.56. The monoisotopic (exact) mass is 300 g/mol. The van der Waals surface area contributed by atoms with Crippen molar-refractivity contribution in [2.45, 2.75) is 38.8 Å². The summed E-state index contributed by atoms with van der Waals surface area (Å²) >= 11 is 0. The highest BCUT2D eigenvalue weighted by Gasteiger charge is 2.53. The number of hydrazine groups is 1. The zero-order chi connectivity index (χ0) is 15.9. The van der Waals surface area contributed by atoms with Crippen molar-refractivity contribution in [3.63, 3.8) is 0 Å². The molecule has 0 N–H and O–H groups in total. The maximum Gasteiger partial charge on any atom is 0.337 e. The smallest absolute Gasteiger partial charge is 0.337 e. The first-order valence-corrected chi connectivity index (χ1v) is 7.51. The highest BCUT2D eigenvalue weighted by atomic mass is 16.5. The molecule has 2 heterocycles. The van der Waals surface area contributed by atoms with E-state index in [2.05, 4.69) is 0 Å². The second-order valence-electron chi connectivity index (χ2n) is 6.19. The maximum absolute atomic E-state index is 12.3. The molecule has 5 heteroatoms. The van der Waals surface area contributed by atoms with Crippen LogP contribution in [0.15, 0.2) is 42.1 Å². The van der Waals surface area contributed by atoms with Gasteiger partial charge in [0.05, 0.1) is 18.2 Å². The Morgan fingerprint density at radius 3 is 2.64 bits per heavy atom. The number of hydrogen-bond donors (Lipinski definition) is 0. The van der Waals surface area contributed by atoms with Gasteiger partial charge in [0, 0.05) is 18.2 Å². The van der Waals surface area contributed by atoms with E-state index in [9.17, 15) is 9.59 Å². The van der Waals surface area contributed by atoms with Crippen LogP contribution in [0.2, 0.25) is 0 Å². The molecule has 0 spiro atoms. The van der Waals surface area contributed by atoms with E-state index in [0.29, 0.717) is 18.6 Å². The number of ether oxygens (including phenoxy) is 1. The third-order valence-electron chi connectivity index (χ3n) is 4.12. The molecule has 0 unspecified atom stereocenters. The Morgan fingerprint density at radius 1 is 1.32 bits per heavy atom. The van der Waals surface area contributed by atoms with Gasteiger partial charge in [-0.15, -0.1) is 0 Å². The molecular formula is C17H20N2O3. The van der Waals surface area contributed by atoms with Gasteiger partial charge in [-0.2, -0.15) is 5.01 Å². The zero-order valence-electron chi connectivity index (χ0n) is 13.1. The quantitative estimate of drug-likeness (QED) is 0.804. The van der Waals surface area contributed by atoms with Gasteiger partial charge in [0.2, 0.25) is 5.91 Å². The fourth-order valence-corrected chi connectivity index (χ4v) is 3.22. The van der Waals surface area contributed by atoms with E-state index in [1.807, 2.05) is 49.2 Å². The second kappa shape index (κ2) is 5.25. The van der Waals surface area contributed by atoms with Gasteiger partial charge in [-0.25, -0.2) is 9.80 Å². The third kappa shape index (κ3) is 2.22. The number of hydrogen-bond acceptors (Lipinski definition) is 4. The van der Waals surface area contributed by atoms with Gasteiger partial charge in [-0.05, 0) is 26.3 Å². The highest BCUT2D eigenvalue weighted by molar-refractivity contribution is 5.93. The lowest BCUT2D eigenvalue weighted by atomic mass is 9.93. The predicted molar refractivity (Wildman–Crippen MR) is 81.3 cm³/mol. The molecule has 1 amide bonds. The van der Waals surface area contributed by atoms with E-state index >= 15 is 0 Å². The molecule has 22 heavy (non-hydrogen) atoms. The minimum atomic E-state index is -0.366. The van der Waals surface area contributed by atoms with E-state index in [1.165, 1.54) is 0 Å². The van der Waals surface area contributed by atoms with Crippen molar-refractivity contribution in [2.24, 2.45) is 0 Å². The van der Waals surface area contributed by atoms with Crippen LogP contribution >= 0.6 is 0 Å². The first-order valence-electron chi connectivity index (χ1n) is 7.51. The SMILES string of the molecule is CCOC(=O)C1=CN2C(=O)CC(C)(C)N2[C@@H]1c1ccccc1. The highest BCUT2D eigenvalue weighted by Crippen LogP contribution is 2.46. The maximum atomic E-state index is 12.3. The molecule has 0 saturated carbocycles. The predicted octanol–water partition coefficient (Wildman–Crippen LogP) is 2.42. The van der Waals surface area contributed by atoms with Crippen LogP contribution in [0.1, 0.15) is 38.8 Å². The number of fused-ring (bicyclic) bond motifs is 1. The number of amides is 1. The average Bonchev–Trinajstić information content (AvgIpc) is 2.98. The van der Waals surface area contributed by atoms with Crippen molar-refractivity contribution in [1.29, 1.82) is 0 Å². The van der Waals surface area contributed by atoms with Gasteiger partial charge in [0.25, 0.3) is 0 Å². The van der Waals surface area contributed by atoms with E-state index in [4.69, 9.17) is 4.74 Å². The Labute approximate surface area is 130 Å². The topological polar surface area (TPSA) is 49.9 Å². The summed E-state index contributed by atoms with van der Waals surface area (Å²) < 4.78 is 5.17. The van der Waals surface area contributed by atoms with Gasteiger partial charge in [-0.3, -0.25) is 4.79 Å². The summed E-state index contributed by atoms with van der Waals surface area (Å²) in [7, 11) is 0. The molecule has 1 fully saturated rings. The lowest BCUT2D eigenvalue weighted by Gasteiger charge is -2.36. The Balaban J connectivity index is 2.07. The van der Waals surface area contributed by atoms with Gasteiger partial charge < -0.3 is 4.74 Å². The van der Waals surface area contributed by atoms with Crippen LogP contribution < -0.4 is 0 Å². The number of carbonyl (C=O) groups excluding carboxylic acids is 2. The fraction of sp³-hybridized carbons (Fsp3) is 0.412. The van der Waals surface area contributed by atoms with Crippen molar-refractivity contribution in [1.82, 2.24) is 10.0 Å². The lowest BCUT2D eigenvalue weighted by molar-refractivity contribution is -0.140. The Morgan fingerprint density at radius 2 is 2.00 bits per heavy atom. The molecule has 3 rings (SSSR count). The molecule has 116 valence electrons. The van der Waals surface area contributed by atoms with E-state index < -0.39 is 0 Å². The van der Waals surface area contributed by atoms with Crippen molar-refractivity contribution >= 4 is 11.9 Å². The molecule has 1 atom stereocenters. The number of benzene rings is 1. The van der Waals surface area contributed by atoms with Crippen molar-refractivity contribution in [3.05, 3.63) is 47.7 Å². The number of carbonyl (C=O) groups is 2. The van der Waals surface area contributed by atoms with Crippen LogP contribution in [0.5, 0.6) is 0 Å². The molecule has 5 nitrogen and oxygen atoms in total. The van der Waals surface area contributed by atoms with Crippen LogP contribution in [0.4, 0.5) is 0 Å². The van der Waals surface area contributed by atoms with Crippen molar-refractivity contribution in [3.8, 4) is 0 Å². The minimum absolute atomic E-state index is 0.00484. The molecule has 0 aromatic heterocycles. The van der Waals surface area contributed by atoms with E-state index in [-0.39, 0.29) is 23.5 Å². The van der Waals surface area contributed by atoms with Crippen molar-refractivity contribution < 1.29 is 14.3 Å². The molecular weight excluding hydrogens is 280 g/mol. The zero-order valence-corrected chi connectivity index (χ0v) is 13.1. The van der Waals surface area contributed by atoms with E-state index in [0.717, 1.165) is 5.56 Å². The van der Waals surface area contributed by atoms with Gasteiger partial charge >= 0.3 is 5.97 Å². The van der Waals surface area contributed by atoms with Gasteiger partial charge in [-0.1, -0.05) is 30.3 Å². The Kier molecular flexibility index (Phi) is 3.53. The number of nitrogens with zero attached hydrogens (tertiary/aromatic N) is 2. The molecule has 1 aromatic carbocycles. The van der Waals surface area contributed by atoms with Crippen LogP contribution in [0, 0.1) is 0 Å². The molecule has 1 aromatic rings. The Bertz CT molecular complexity index is 637. The third-order valence-corrected chi connectivity index (χ3v) is 4.12. The summed E-state index contributed by atoms with van der Waals surface area (Å²) in [6.07, 6.45) is 2.07. The first kappa shape index (κ1) is 14.8. The minimum Gasteiger partial charge on any atom is -0.463 e. The second-order valence-corrected chi connectivity index (χ2v) is 6.19. The normalized spacial score (nSPS) is 23.4. The molecule has 2 aliphatic heterocycles. The standard InChI is InChI=1S/C17H20N2O3/c1-4-22-16(21)13-11-18-14(20)10-17(2,3)19(18)15(13)12-8-6-5-7-9-12/h5-9,11,15H,4,10H2,1-3H3/t15-/m1/s1. The largest absolute Gasteiger partial charge is 0.463 e. The number of rotatable bonds is 3. The Hall–Kier alpha value is -2.14. The summed E-state index contributed by atoms with van der Waals surface area (Å²) in [6, 6.07) is 9.46. The van der Waals surface area contributed by atoms with E-state index in [1.54, 1.807) is 18.1 Å². The van der Waals surface area contributed by atoms with Crippen LogP contribution in [-0.4, -0.2) is 34.0 Å².